The van der Waals surface area contributed by atoms with E-state index in [0.717, 1.165) is 11.3 Å². The molecule has 2 N–H and O–H groups in total. The predicted octanol–water partition coefficient (Wildman–Crippen LogP) is 3.70. The lowest BCUT2D eigenvalue weighted by molar-refractivity contribution is -0.139. The van der Waals surface area contributed by atoms with E-state index in [0.29, 0.717) is 24.3 Å². The summed E-state index contributed by atoms with van der Waals surface area (Å²) in [6, 6.07) is 13.2. The number of nitrogens with one attached hydrogen (secondary N) is 1. The summed E-state index contributed by atoms with van der Waals surface area (Å²) in [5.41, 5.74) is 1.32. The SMILES string of the molecule is CSCCC(NCc1ccccc1OCc1ccccc1F)C(=O)O. The lowest BCUT2D eigenvalue weighted by Gasteiger charge is -2.16. The van der Waals surface area contributed by atoms with Crippen molar-refractivity contribution in [1.29, 1.82) is 0 Å². The number of ether oxygens (including phenoxy) is 1. The Balaban J connectivity index is 2.00. The van der Waals surface area contributed by atoms with Crippen molar-refractivity contribution in [2.45, 2.75) is 25.6 Å². The van der Waals surface area contributed by atoms with Gasteiger partial charge in [0.2, 0.25) is 0 Å². The molecule has 2 aromatic carbocycles. The van der Waals surface area contributed by atoms with Crippen molar-refractivity contribution in [1.82, 2.24) is 5.32 Å². The lowest BCUT2D eigenvalue weighted by Crippen LogP contribution is -2.36. The van der Waals surface area contributed by atoms with Gasteiger partial charge >= 0.3 is 5.97 Å². The van der Waals surface area contributed by atoms with Crippen LogP contribution in [0.1, 0.15) is 17.5 Å². The molecule has 1 atom stereocenters. The number of carboxylic acids is 1. The highest BCUT2D eigenvalue weighted by Crippen LogP contribution is 2.20. The smallest absolute Gasteiger partial charge is 0.320 e. The van der Waals surface area contributed by atoms with Crippen LogP contribution < -0.4 is 10.1 Å². The topological polar surface area (TPSA) is 58.6 Å². The summed E-state index contributed by atoms with van der Waals surface area (Å²) in [7, 11) is 0. The molecule has 0 aromatic heterocycles. The van der Waals surface area contributed by atoms with Gasteiger partial charge in [-0.25, -0.2) is 4.39 Å². The molecule has 2 rings (SSSR count). The van der Waals surface area contributed by atoms with Crippen molar-refractivity contribution >= 4 is 17.7 Å². The van der Waals surface area contributed by atoms with Gasteiger partial charge in [0.05, 0.1) is 0 Å². The fourth-order valence-corrected chi connectivity index (χ4v) is 2.81. The van der Waals surface area contributed by atoms with Gasteiger partial charge in [-0.2, -0.15) is 11.8 Å². The molecule has 2 aromatic rings. The minimum absolute atomic E-state index is 0.124. The van der Waals surface area contributed by atoms with Gasteiger partial charge < -0.3 is 15.2 Å². The van der Waals surface area contributed by atoms with Gasteiger partial charge in [-0.15, -0.1) is 0 Å². The Morgan fingerprint density at radius 3 is 2.56 bits per heavy atom. The molecule has 0 saturated heterocycles. The van der Waals surface area contributed by atoms with E-state index in [-0.39, 0.29) is 12.4 Å². The van der Waals surface area contributed by atoms with Gasteiger partial charge in [-0.05, 0) is 30.6 Å². The van der Waals surface area contributed by atoms with Gasteiger partial charge in [-0.1, -0.05) is 36.4 Å². The third kappa shape index (κ3) is 6.07. The molecule has 0 aliphatic carbocycles. The van der Waals surface area contributed by atoms with E-state index in [2.05, 4.69) is 5.32 Å². The second kappa shape index (κ2) is 10.1. The monoisotopic (exact) mass is 363 g/mol. The summed E-state index contributed by atoms with van der Waals surface area (Å²) in [4.78, 5) is 11.3. The molecule has 0 bridgehead atoms. The molecule has 0 heterocycles. The van der Waals surface area contributed by atoms with E-state index >= 15 is 0 Å². The molecule has 0 radical (unpaired) electrons. The van der Waals surface area contributed by atoms with Crippen LogP contribution in [0, 0.1) is 5.82 Å². The summed E-state index contributed by atoms with van der Waals surface area (Å²) in [5, 5.41) is 12.3. The van der Waals surface area contributed by atoms with Crippen LogP contribution in [0.3, 0.4) is 0 Å². The quantitative estimate of drug-likeness (QED) is 0.674. The van der Waals surface area contributed by atoms with E-state index in [4.69, 9.17) is 4.74 Å². The molecule has 25 heavy (non-hydrogen) atoms. The average molecular weight is 363 g/mol. The van der Waals surface area contributed by atoms with Crippen molar-refractivity contribution in [3.8, 4) is 5.75 Å². The number of hydrogen-bond donors (Lipinski definition) is 2. The first kappa shape index (κ1) is 19.3. The van der Waals surface area contributed by atoms with Crippen LogP contribution in [0.4, 0.5) is 4.39 Å². The highest BCUT2D eigenvalue weighted by molar-refractivity contribution is 7.98. The Labute approximate surface area is 151 Å². The molecule has 1 unspecified atom stereocenters. The number of aliphatic carboxylic acids is 1. The number of thioether (sulfide) groups is 1. The molecule has 0 aliphatic rings. The minimum atomic E-state index is -0.862. The third-order valence-corrected chi connectivity index (χ3v) is 4.41. The standard InChI is InChI=1S/C19H22FNO3S/c1-25-11-10-17(19(22)23)21-12-14-6-3-5-9-18(14)24-13-15-7-2-4-8-16(15)20/h2-9,17,21H,10-13H2,1H3,(H,22,23). The van der Waals surface area contributed by atoms with Crippen LogP contribution in [0.15, 0.2) is 48.5 Å². The van der Waals surface area contributed by atoms with Crippen molar-refractivity contribution in [3.05, 3.63) is 65.5 Å². The maximum absolute atomic E-state index is 13.7. The first-order valence-corrected chi connectivity index (χ1v) is 9.40. The zero-order chi connectivity index (χ0) is 18.1. The van der Waals surface area contributed by atoms with Crippen molar-refractivity contribution < 1.29 is 19.0 Å². The largest absolute Gasteiger partial charge is 0.488 e. The van der Waals surface area contributed by atoms with Gasteiger partial charge in [0.1, 0.15) is 24.2 Å². The summed E-state index contributed by atoms with van der Waals surface area (Å²) in [6.45, 7) is 0.497. The first-order valence-electron chi connectivity index (χ1n) is 8.01. The van der Waals surface area contributed by atoms with E-state index < -0.39 is 12.0 Å². The van der Waals surface area contributed by atoms with E-state index in [1.807, 2.05) is 24.5 Å². The number of carbonyl (C=O) groups is 1. The minimum Gasteiger partial charge on any atom is -0.488 e. The number of hydrogen-bond acceptors (Lipinski definition) is 4. The number of benzene rings is 2. The normalized spacial score (nSPS) is 11.9. The Kier molecular flexibility index (Phi) is 7.76. The van der Waals surface area contributed by atoms with Gasteiger partial charge in [0, 0.05) is 17.7 Å². The number of para-hydroxylation sites is 1. The van der Waals surface area contributed by atoms with Gasteiger partial charge in [0.15, 0.2) is 0 Å². The van der Waals surface area contributed by atoms with E-state index in [1.54, 1.807) is 36.0 Å². The van der Waals surface area contributed by atoms with Crippen molar-refractivity contribution in [2.24, 2.45) is 0 Å². The molecule has 4 nitrogen and oxygen atoms in total. The predicted molar refractivity (Wildman–Crippen MR) is 98.4 cm³/mol. The second-order valence-electron chi connectivity index (χ2n) is 5.54. The number of rotatable bonds is 10. The summed E-state index contributed by atoms with van der Waals surface area (Å²) in [6.07, 6.45) is 2.50. The maximum atomic E-state index is 13.7. The third-order valence-electron chi connectivity index (χ3n) is 3.76. The fraction of sp³-hybridized carbons (Fsp3) is 0.316. The summed E-state index contributed by atoms with van der Waals surface area (Å²) >= 11 is 1.62. The van der Waals surface area contributed by atoms with Crippen LogP contribution >= 0.6 is 11.8 Å². The molecular formula is C19H22FNO3S. The lowest BCUT2D eigenvalue weighted by atomic mass is 10.1. The average Bonchev–Trinajstić information content (AvgIpc) is 2.61. The van der Waals surface area contributed by atoms with Crippen LogP contribution in [0.25, 0.3) is 0 Å². The Morgan fingerprint density at radius 2 is 1.88 bits per heavy atom. The molecule has 6 heteroatoms. The number of carboxylic acid groups (broad SMARTS) is 1. The highest BCUT2D eigenvalue weighted by Gasteiger charge is 2.17. The zero-order valence-corrected chi connectivity index (χ0v) is 14.9. The zero-order valence-electron chi connectivity index (χ0n) is 14.1. The molecule has 0 amide bonds. The van der Waals surface area contributed by atoms with Crippen molar-refractivity contribution in [3.63, 3.8) is 0 Å². The summed E-state index contributed by atoms with van der Waals surface area (Å²) < 4.78 is 19.4. The number of halogens is 1. The molecule has 0 aliphatic heterocycles. The summed E-state index contributed by atoms with van der Waals surface area (Å²) in [5.74, 6) is 0.224. The van der Waals surface area contributed by atoms with Crippen molar-refractivity contribution in [2.75, 3.05) is 12.0 Å². The van der Waals surface area contributed by atoms with Crippen LogP contribution in [0.5, 0.6) is 5.75 Å². The molecular weight excluding hydrogens is 341 g/mol. The second-order valence-corrected chi connectivity index (χ2v) is 6.53. The van der Waals surface area contributed by atoms with E-state index in [1.165, 1.54) is 6.07 Å². The van der Waals surface area contributed by atoms with Crippen LogP contribution in [-0.2, 0) is 17.9 Å². The van der Waals surface area contributed by atoms with Gasteiger partial charge in [-0.3, -0.25) is 4.79 Å². The Bertz CT molecular complexity index is 696. The maximum Gasteiger partial charge on any atom is 0.320 e. The molecule has 0 saturated carbocycles. The highest BCUT2D eigenvalue weighted by atomic mass is 32.2. The van der Waals surface area contributed by atoms with Gasteiger partial charge in [0.25, 0.3) is 0 Å². The molecule has 0 spiro atoms. The van der Waals surface area contributed by atoms with Crippen LogP contribution in [0.2, 0.25) is 0 Å². The first-order chi connectivity index (χ1) is 12.1. The van der Waals surface area contributed by atoms with E-state index in [9.17, 15) is 14.3 Å². The Hall–Kier alpha value is -2.05. The molecule has 0 fully saturated rings. The fourth-order valence-electron chi connectivity index (χ4n) is 2.34. The Morgan fingerprint density at radius 1 is 1.20 bits per heavy atom. The van der Waals surface area contributed by atoms with Crippen LogP contribution in [-0.4, -0.2) is 29.1 Å². The molecule has 134 valence electrons.